The van der Waals surface area contributed by atoms with Gasteiger partial charge in [-0.25, -0.2) is 9.78 Å². The van der Waals surface area contributed by atoms with Crippen LogP contribution in [0.25, 0.3) is 0 Å². The summed E-state index contributed by atoms with van der Waals surface area (Å²) in [5.74, 6) is -1.63. The number of aliphatic carboxylic acids is 1. The van der Waals surface area contributed by atoms with E-state index in [1.165, 1.54) is 11.3 Å². The summed E-state index contributed by atoms with van der Waals surface area (Å²) in [7, 11) is 0. The number of carboxylic acids is 1. The highest BCUT2D eigenvalue weighted by atomic mass is 32.1. The first-order valence-corrected chi connectivity index (χ1v) is 7.81. The van der Waals surface area contributed by atoms with Gasteiger partial charge in [0.05, 0.1) is 10.7 Å². The second kappa shape index (κ2) is 6.69. The van der Waals surface area contributed by atoms with Gasteiger partial charge in [0, 0.05) is 16.6 Å². The Morgan fingerprint density at radius 2 is 2.18 bits per heavy atom. The van der Waals surface area contributed by atoms with Gasteiger partial charge < -0.3 is 10.4 Å². The van der Waals surface area contributed by atoms with Crippen LogP contribution >= 0.6 is 11.3 Å². The normalized spacial score (nSPS) is 12.1. The van der Waals surface area contributed by atoms with E-state index in [0.717, 1.165) is 17.8 Å². The van der Waals surface area contributed by atoms with Gasteiger partial charge in [-0.2, -0.15) is 5.10 Å². The molecule has 8 heteroatoms. The van der Waals surface area contributed by atoms with Crippen molar-refractivity contribution in [1.29, 1.82) is 0 Å². The highest BCUT2D eigenvalue weighted by molar-refractivity contribution is 7.09. The van der Waals surface area contributed by atoms with Crippen LogP contribution in [-0.2, 0) is 11.2 Å². The third-order valence-electron chi connectivity index (χ3n) is 3.24. The Bertz CT molecular complexity index is 673. The Balaban J connectivity index is 2.21. The van der Waals surface area contributed by atoms with Gasteiger partial charge in [-0.3, -0.25) is 9.89 Å². The first kappa shape index (κ1) is 16.2. The number of aromatic nitrogens is 3. The average Bonchev–Trinajstić information content (AvgIpc) is 3.04. The molecule has 0 bridgehead atoms. The minimum Gasteiger partial charge on any atom is -0.479 e. The van der Waals surface area contributed by atoms with Gasteiger partial charge in [0.2, 0.25) is 0 Å². The van der Waals surface area contributed by atoms with Gasteiger partial charge in [-0.05, 0) is 26.7 Å². The molecule has 0 spiro atoms. The smallest absolute Gasteiger partial charge is 0.331 e. The fraction of sp³-hybridized carbons (Fsp3) is 0.429. The van der Waals surface area contributed by atoms with Crippen molar-refractivity contribution < 1.29 is 14.7 Å². The Kier molecular flexibility index (Phi) is 4.92. The summed E-state index contributed by atoms with van der Waals surface area (Å²) in [6.45, 7) is 5.45. The fourth-order valence-corrected chi connectivity index (χ4v) is 3.07. The number of H-pyrrole nitrogens is 1. The number of hydrogen-bond acceptors (Lipinski definition) is 5. The molecule has 7 nitrogen and oxygen atoms in total. The van der Waals surface area contributed by atoms with Crippen LogP contribution in [0.3, 0.4) is 0 Å². The second-order valence-corrected chi connectivity index (χ2v) is 5.91. The largest absolute Gasteiger partial charge is 0.479 e. The molecule has 2 rings (SSSR count). The second-order valence-electron chi connectivity index (χ2n) is 4.97. The van der Waals surface area contributed by atoms with Crippen molar-refractivity contribution in [1.82, 2.24) is 20.5 Å². The molecule has 118 valence electrons. The van der Waals surface area contributed by atoms with Crippen molar-refractivity contribution >= 4 is 23.2 Å². The van der Waals surface area contributed by atoms with Crippen LogP contribution in [0.4, 0.5) is 0 Å². The maximum absolute atomic E-state index is 12.2. The summed E-state index contributed by atoms with van der Waals surface area (Å²) in [5.41, 5.74) is 1.90. The van der Waals surface area contributed by atoms with Crippen LogP contribution in [0.15, 0.2) is 5.38 Å². The number of rotatable bonds is 6. The zero-order valence-corrected chi connectivity index (χ0v) is 13.5. The summed E-state index contributed by atoms with van der Waals surface area (Å²) in [6, 6.07) is -1.15. The lowest BCUT2D eigenvalue weighted by Gasteiger charge is -2.14. The average molecular weight is 322 g/mol. The molecular formula is C14H18N4O3S. The zero-order valence-electron chi connectivity index (χ0n) is 12.6. The number of hydrogen-bond donors (Lipinski definition) is 3. The maximum Gasteiger partial charge on any atom is 0.331 e. The molecule has 0 aromatic carbocycles. The molecule has 1 amide bonds. The molecule has 0 radical (unpaired) electrons. The van der Waals surface area contributed by atoms with Crippen LogP contribution in [0.1, 0.15) is 51.8 Å². The molecule has 3 N–H and O–H groups in total. The van der Waals surface area contributed by atoms with Crippen LogP contribution in [-0.4, -0.2) is 32.2 Å². The minimum atomic E-state index is -1.15. The lowest BCUT2D eigenvalue weighted by atomic mass is 10.0. The van der Waals surface area contributed by atoms with Crippen molar-refractivity contribution in [2.45, 2.75) is 39.7 Å². The number of nitrogens with zero attached hydrogens (tertiary/aromatic N) is 2. The lowest BCUT2D eigenvalue weighted by Crippen LogP contribution is -2.34. The first-order chi connectivity index (χ1) is 10.4. The maximum atomic E-state index is 12.2. The Morgan fingerprint density at radius 1 is 1.45 bits per heavy atom. The molecule has 0 saturated heterocycles. The highest BCUT2D eigenvalue weighted by Crippen LogP contribution is 2.21. The Morgan fingerprint density at radius 3 is 2.73 bits per heavy atom. The van der Waals surface area contributed by atoms with Crippen LogP contribution in [0.5, 0.6) is 0 Å². The molecular weight excluding hydrogens is 304 g/mol. The van der Waals surface area contributed by atoms with Crippen molar-refractivity contribution in [3.63, 3.8) is 0 Å². The highest BCUT2D eigenvalue weighted by Gasteiger charge is 2.28. The third-order valence-corrected chi connectivity index (χ3v) is 4.15. The van der Waals surface area contributed by atoms with Gasteiger partial charge in [0.15, 0.2) is 6.04 Å². The standard InChI is InChI=1S/C14H18N4O3S/c1-4-5-10-15-9(6-22-10)13(19)16-12(14(20)21)11-7(2)17-18-8(11)3/h6,12H,4-5H2,1-3H3,(H,16,19)(H,17,18)(H,20,21)/t12-/m1/s1. The molecule has 2 heterocycles. The summed E-state index contributed by atoms with van der Waals surface area (Å²) in [4.78, 5) is 28.0. The molecule has 22 heavy (non-hydrogen) atoms. The quantitative estimate of drug-likeness (QED) is 0.754. The van der Waals surface area contributed by atoms with Gasteiger partial charge in [0.25, 0.3) is 5.91 Å². The van der Waals surface area contributed by atoms with Crippen molar-refractivity contribution in [3.05, 3.63) is 33.0 Å². The van der Waals surface area contributed by atoms with Crippen molar-refractivity contribution in [2.24, 2.45) is 0 Å². The van der Waals surface area contributed by atoms with E-state index in [0.29, 0.717) is 17.0 Å². The molecule has 0 aliphatic carbocycles. The van der Waals surface area contributed by atoms with E-state index in [4.69, 9.17) is 0 Å². The minimum absolute atomic E-state index is 0.249. The van der Waals surface area contributed by atoms with Gasteiger partial charge >= 0.3 is 5.97 Å². The molecule has 0 aliphatic heterocycles. The van der Waals surface area contributed by atoms with Crippen molar-refractivity contribution in [2.75, 3.05) is 0 Å². The van der Waals surface area contributed by atoms with Crippen molar-refractivity contribution in [3.8, 4) is 0 Å². The number of carboxylic acid groups (broad SMARTS) is 1. The van der Waals surface area contributed by atoms with E-state index in [2.05, 4.69) is 20.5 Å². The van der Waals surface area contributed by atoms with Crippen LogP contribution in [0.2, 0.25) is 0 Å². The number of nitrogens with one attached hydrogen (secondary N) is 2. The predicted octanol–water partition coefficient (Wildman–Crippen LogP) is 1.99. The Labute approximate surface area is 131 Å². The van der Waals surface area contributed by atoms with Gasteiger partial charge in [0.1, 0.15) is 5.69 Å². The summed E-state index contributed by atoms with van der Waals surface area (Å²) in [5, 5.41) is 21.1. The lowest BCUT2D eigenvalue weighted by molar-refractivity contribution is -0.139. The van der Waals surface area contributed by atoms with Gasteiger partial charge in [-0.1, -0.05) is 6.92 Å². The van der Waals surface area contributed by atoms with Gasteiger partial charge in [-0.15, -0.1) is 11.3 Å². The summed E-state index contributed by atoms with van der Waals surface area (Å²) < 4.78 is 0. The number of carbonyl (C=O) groups excluding carboxylic acids is 1. The van der Waals surface area contributed by atoms with E-state index >= 15 is 0 Å². The van der Waals surface area contributed by atoms with Crippen LogP contribution in [0, 0.1) is 13.8 Å². The van der Waals surface area contributed by atoms with Crippen LogP contribution < -0.4 is 5.32 Å². The number of aromatic amines is 1. The number of aryl methyl sites for hydroxylation is 3. The molecule has 2 aromatic rings. The van der Waals surface area contributed by atoms with E-state index in [-0.39, 0.29) is 5.69 Å². The summed E-state index contributed by atoms with van der Waals surface area (Å²) >= 11 is 1.40. The monoisotopic (exact) mass is 322 g/mol. The fourth-order valence-electron chi connectivity index (χ4n) is 2.19. The van der Waals surface area contributed by atoms with E-state index in [9.17, 15) is 14.7 Å². The number of carbonyl (C=O) groups is 2. The molecule has 2 aromatic heterocycles. The molecule has 0 fully saturated rings. The topological polar surface area (TPSA) is 108 Å². The SMILES string of the molecule is CCCc1nc(C(=O)N[C@@H](C(=O)O)c2c(C)n[nH]c2C)cs1. The summed E-state index contributed by atoms with van der Waals surface area (Å²) in [6.07, 6.45) is 1.75. The molecule has 0 aliphatic rings. The molecule has 1 atom stereocenters. The Hall–Kier alpha value is -2.22. The number of amides is 1. The van der Waals surface area contributed by atoms with E-state index in [1.807, 2.05) is 6.92 Å². The molecule has 0 saturated carbocycles. The zero-order chi connectivity index (χ0) is 16.3. The van der Waals surface area contributed by atoms with E-state index in [1.54, 1.807) is 19.2 Å². The van der Waals surface area contributed by atoms with E-state index < -0.39 is 17.9 Å². The predicted molar refractivity (Wildman–Crippen MR) is 82.0 cm³/mol. The third kappa shape index (κ3) is 3.33. The molecule has 0 unspecified atom stereocenters. The first-order valence-electron chi connectivity index (χ1n) is 6.93. The number of thiazole rings is 1.